The van der Waals surface area contributed by atoms with Gasteiger partial charge >= 0.3 is 0 Å². The molecule has 1 aromatic rings. The molecule has 2 aliphatic rings. The molecule has 2 aliphatic carbocycles. The molecule has 0 atom stereocenters. The zero-order chi connectivity index (χ0) is 13.8. The van der Waals surface area contributed by atoms with E-state index in [0.29, 0.717) is 6.04 Å². The Kier molecular flexibility index (Phi) is 4.36. The smallest absolute Gasteiger partial charge is 0.251 e. The highest BCUT2D eigenvalue weighted by molar-refractivity contribution is 5.94. The summed E-state index contributed by atoms with van der Waals surface area (Å²) in [6, 6.07) is 9.12. The molecule has 2 N–H and O–H groups in total. The van der Waals surface area contributed by atoms with Gasteiger partial charge in [0.15, 0.2) is 0 Å². The highest BCUT2D eigenvalue weighted by Crippen LogP contribution is 2.20. The second kappa shape index (κ2) is 6.40. The Morgan fingerprint density at radius 3 is 2.30 bits per heavy atom. The minimum absolute atomic E-state index is 0.0820. The standard InChI is InChI=1S/C17H24N2O/c20-17(19-16-4-2-1-3-5-16)14-8-6-13(7-9-14)12-18-15-10-11-15/h6-9,15-16,18H,1-5,10-12H2,(H,19,20). The molecule has 0 bridgehead atoms. The first-order valence-corrected chi connectivity index (χ1v) is 7.94. The number of benzene rings is 1. The second-order valence-electron chi connectivity index (χ2n) is 6.16. The lowest BCUT2D eigenvalue weighted by molar-refractivity contribution is 0.0927. The normalized spacial score (nSPS) is 19.8. The highest BCUT2D eigenvalue weighted by Gasteiger charge is 2.20. The average Bonchev–Trinajstić information content (AvgIpc) is 3.31. The van der Waals surface area contributed by atoms with Crippen LogP contribution < -0.4 is 10.6 Å². The number of rotatable bonds is 5. The molecule has 0 unspecified atom stereocenters. The van der Waals surface area contributed by atoms with Crippen LogP contribution in [0.1, 0.15) is 60.9 Å². The van der Waals surface area contributed by atoms with E-state index in [9.17, 15) is 4.79 Å². The molecule has 0 heterocycles. The van der Waals surface area contributed by atoms with E-state index in [2.05, 4.69) is 22.8 Å². The van der Waals surface area contributed by atoms with E-state index >= 15 is 0 Å². The first kappa shape index (κ1) is 13.6. The molecule has 1 amide bonds. The molecule has 3 nitrogen and oxygen atoms in total. The van der Waals surface area contributed by atoms with Crippen molar-refractivity contribution in [1.82, 2.24) is 10.6 Å². The van der Waals surface area contributed by atoms with Crippen LogP contribution >= 0.6 is 0 Å². The van der Waals surface area contributed by atoms with Gasteiger partial charge in [-0.2, -0.15) is 0 Å². The number of nitrogens with one attached hydrogen (secondary N) is 2. The fourth-order valence-corrected chi connectivity index (χ4v) is 2.84. The van der Waals surface area contributed by atoms with Crippen molar-refractivity contribution in [3.63, 3.8) is 0 Å². The third kappa shape index (κ3) is 3.83. The lowest BCUT2D eigenvalue weighted by Gasteiger charge is -2.22. The first-order valence-electron chi connectivity index (χ1n) is 7.94. The third-order valence-electron chi connectivity index (χ3n) is 4.33. The van der Waals surface area contributed by atoms with Crippen molar-refractivity contribution >= 4 is 5.91 Å². The summed E-state index contributed by atoms with van der Waals surface area (Å²) in [5, 5.41) is 6.65. The van der Waals surface area contributed by atoms with Gasteiger partial charge in [-0.05, 0) is 43.4 Å². The Balaban J connectivity index is 1.51. The van der Waals surface area contributed by atoms with Crippen molar-refractivity contribution in [2.24, 2.45) is 0 Å². The Morgan fingerprint density at radius 2 is 1.65 bits per heavy atom. The molecule has 108 valence electrons. The van der Waals surface area contributed by atoms with Crippen molar-refractivity contribution in [2.45, 2.75) is 63.6 Å². The van der Waals surface area contributed by atoms with Gasteiger partial charge in [0.25, 0.3) is 5.91 Å². The van der Waals surface area contributed by atoms with Crippen molar-refractivity contribution < 1.29 is 4.79 Å². The molecule has 0 saturated heterocycles. The fourth-order valence-electron chi connectivity index (χ4n) is 2.84. The van der Waals surface area contributed by atoms with Crippen LogP contribution in [0, 0.1) is 0 Å². The van der Waals surface area contributed by atoms with Crippen molar-refractivity contribution in [3.8, 4) is 0 Å². The summed E-state index contributed by atoms with van der Waals surface area (Å²) >= 11 is 0. The van der Waals surface area contributed by atoms with Gasteiger partial charge in [0.05, 0.1) is 0 Å². The predicted octanol–water partition coefficient (Wildman–Crippen LogP) is 3.00. The van der Waals surface area contributed by atoms with Gasteiger partial charge < -0.3 is 10.6 Å². The maximum atomic E-state index is 12.2. The van der Waals surface area contributed by atoms with Gasteiger partial charge in [-0.15, -0.1) is 0 Å². The van der Waals surface area contributed by atoms with E-state index < -0.39 is 0 Å². The highest BCUT2D eigenvalue weighted by atomic mass is 16.1. The number of carbonyl (C=O) groups excluding carboxylic acids is 1. The Labute approximate surface area is 121 Å². The summed E-state index contributed by atoms with van der Waals surface area (Å²) < 4.78 is 0. The van der Waals surface area contributed by atoms with Crippen molar-refractivity contribution in [2.75, 3.05) is 0 Å². The van der Waals surface area contributed by atoms with Gasteiger partial charge in [0.1, 0.15) is 0 Å². The topological polar surface area (TPSA) is 41.1 Å². The number of hydrogen-bond donors (Lipinski definition) is 2. The number of hydrogen-bond acceptors (Lipinski definition) is 2. The van der Waals surface area contributed by atoms with E-state index in [0.717, 1.165) is 31.0 Å². The second-order valence-corrected chi connectivity index (χ2v) is 6.16. The molecule has 0 aliphatic heterocycles. The average molecular weight is 272 g/mol. The van der Waals surface area contributed by atoms with Crippen LogP contribution in [-0.2, 0) is 6.54 Å². The van der Waals surface area contributed by atoms with Crippen molar-refractivity contribution in [1.29, 1.82) is 0 Å². The molecular weight excluding hydrogens is 248 g/mol. The molecule has 2 saturated carbocycles. The van der Waals surface area contributed by atoms with E-state index in [1.54, 1.807) is 0 Å². The molecule has 1 aromatic carbocycles. The Hall–Kier alpha value is -1.35. The van der Waals surface area contributed by atoms with Crippen LogP contribution in [0.2, 0.25) is 0 Å². The maximum absolute atomic E-state index is 12.2. The molecule has 0 radical (unpaired) electrons. The van der Waals surface area contributed by atoms with Gasteiger partial charge in [-0.3, -0.25) is 4.79 Å². The van der Waals surface area contributed by atoms with E-state index in [4.69, 9.17) is 0 Å². The maximum Gasteiger partial charge on any atom is 0.251 e. The Bertz CT molecular complexity index is 445. The first-order chi connectivity index (χ1) is 9.81. The lowest BCUT2D eigenvalue weighted by Crippen LogP contribution is -2.36. The summed E-state index contributed by atoms with van der Waals surface area (Å²) in [5.74, 6) is 0.0820. The zero-order valence-electron chi connectivity index (χ0n) is 12.0. The molecule has 3 rings (SSSR count). The van der Waals surface area contributed by atoms with Crippen molar-refractivity contribution in [3.05, 3.63) is 35.4 Å². The number of amides is 1. The van der Waals surface area contributed by atoms with Gasteiger partial charge in [0, 0.05) is 24.2 Å². The van der Waals surface area contributed by atoms with E-state index in [1.165, 1.54) is 37.7 Å². The summed E-state index contributed by atoms with van der Waals surface area (Å²) in [6.45, 7) is 0.912. The van der Waals surface area contributed by atoms with Gasteiger partial charge in [-0.25, -0.2) is 0 Å². The minimum Gasteiger partial charge on any atom is -0.349 e. The quantitative estimate of drug-likeness (QED) is 0.865. The summed E-state index contributed by atoms with van der Waals surface area (Å²) in [7, 11) is 0. The van der Waals surface area contributed by atoms with E-state index in [-0.39, 0.29) is 5.91 Å². The fraction of sp³-hybridized carbons (Fsp3) is 0.588. The molecule has 0 spiro atoms. The zero-order valence-corrected chi connectivity index (χ0v) is 12.0. The molecule has 20 heavy (non-hydrogen) atoms. The van der Waals surface area contributed by atoms with Gasteiger partial charge in [-0.1, -0.05) is 31.4 Å². The van der Waals surface area contributed by atoms with Crippen LogP contribution in [0.25, 0.3) is 0 Å². The predicted molar refractivity (Wildman–Crippen MR) is 80.6 cm³/mol. The molecule has 3 heteroatoms. The van der Waals surface area contributed by atoms with Crippen LogP contribution in [0.15, 0.2) is 24.3 Å². The van der Waals surface area contributed by atoms with Crippen LogP contribution in [0.5, 0.6) is 0 Å². The monoisotopic (exact) mass is 272 g/mol. The molecular formula is C17H24N2O. The van der Waals surface area contributed by atoms with Crippen LogP contribution in [0.4, 0.5) is 0 Å². The minimum atomic E-state index is 0.0820. The van der Waals surface area contributed by atoms with E-state index in [1.807, 2.05) is 12.1 Å². The summed E-state index contributed by atoms with van der Waals surface area (Å²) in [4.78, 5) is 12.2. The summed E-state index contributed by atoms with van der Waals surface area (Å²) in [6.07, 6.45) is 8.69. The van der Waals surface area contributed by atoms with Crippen LogP contribution in [-0.4, -0.2) is 18.0 Å². The number of carbonyl (C=O) groups is 1. The largest absolute Gasteiger partial charge is 0.349 e. The van der Waals surface area contributed by atoms with Gasteiger partial charge in [0.2, 0.25) is 0 Å². The Morgan fingerprint density at radius 1 is 0.950 bits per heavy atom. The molecule has 2 fully saturated rings. The third-order valence-corrected chi connectivity index (χ3v) is 4.33. The summed E-state index contributed by atoms with van der Waals surface area (Å²) in [5.41, 5.74) is 2.04. The lowest BCUT2D eigenvalue weighted by atomic mass is 9.95. The van der Waals surface area contributed by atoms with Crippen LogP contribution in [0.3, 0.4) is 0 Å². The molecule has 0 aromatic heterocycles. The SMILES string of the molecule is O=C(NC1CCCCC1)c1ccc(CNC2CC2)cc1.